The first-order valence-corrected chi connectivity index (χ1v) is 6.18. The lowest BCUT2D eigenvalue weighted by molar-refractivity contribution is -0.116. The molecule has 1 aliphatic rings. The van der Waals surface area contributed by atoms with Crippen molar-refractivity contribution in [1.82, 2.24) is 0 Å². The van der Waals surface area contributed by atoms with Crippen LogP contribution in [0.3, 0.4) is 0 Å². The molecule has 0 saturated heterocycles. The van der Waals surface area contributed by atoms with Gasteiger partial charge in [0.1, 0.15) is 5.78 Å². The molecule has 16 heavy (non-hydrogen) atoms. The van der Waals surface area contributed by atoms with E-state index >= 15 is 0 Å². The van der Waals surface area contributed by atoms with Crippen LogP contribution < -0.4 is 0 Å². The first kappa shape index (κ1) is 13.2. The molecule has 0 amide bonds. The number of hydrogen-bond donors (Lipinski definition) is 0. The van der Waals surface area contributed by atoms with Crippen LogP contribution in [0.1, 0.15) is 59.8 Å². The average Bonchev–Trinajstić information content (AvgIpc) is 2.14. The summed E-state index contributed by atoms with van der Waals surface area (Å²) < 4.78 is 0. The Balaban J connectivity index is 2.91. The summed E-state index contributed by atoms with van der Waals surface area (Å²) in [5, 5.41) is 0. The molecule has 1 nitrogen and oxygen atoms in total. The monoisotopic (exact) mass is 220 g/mol. The quantitative estimate of drug-likeness (QED) is 0.629. The minimum atomic E-state index is 0.225. The molecule has 1 rings (SSSR count). The SMILES string of the molecule is C=C1C/C(CC(C)=O)=C(/C)CCCC1(C)C. The molecule has 0 radical (unpaired) electrons. The molecule has 0 aromatic carbocycles. The Morgan fingerprint density at radius 3 is 2.62 bits per heavy atom. The molecule has 0 bridgehead atoms. The van der Waals surface area contributed by atoms with Gasteiger partial charge in [0.2, 0.25) is 0 Å². The molecule has 0 atom stereocenters. The van der Waals surface area contributed by atoms with Crippen LogP contribution in [-0.4, -0.2) is 5.78 Å². The zero-order valence-electron chi connectivity index (χ0n) is 11.2. The molecule has 0 unspecified atom stereocenters. The first-order chi connectivity index (χ1) is 7.33. The third-order valence-corrected chi connectivity index (χ3v) is 3.80. The fourth-order valence-electron chi connectivity index (χ4n) is 2.31. The Bertz CT molecular complexity index is 331. The van der Waals surface area contributed by atoms with E-state index < -0.39 is 0 Å². The maximum atomic E-state index is 11.3. The molecule has 0 saturated carbocycles. The van der Waals surface area contributed by atoms with Gasteiger partial charge in [0.05, 0.1) is 0 Å². The fraction of sp³-hybridized carbons (Fsp3) is 0.667. The van der Waals surface area contributed by atoms with Crippen LogP contribution in [0.4, 0.5) is 0 Å². The van der Waals surface area contributed by atoms with Crippen LogP contribution in [0, 0.1) is 5.41 Å². The van der Waals surface area contributed by atoms with Gasteiger partial charge >= 0.3 is 0 Å². The van der Waals surface area contributed by atoms with Gasteiger partial charge in [-0.05, 0) is 44.9 Å². The summed E-state index contributed by atoms with van der Waals surface area (Å²) in [6, 6.07) is 0. The smallest absolute Gasteiger partial charge is 0.133 e. The second-order valence-corrected chi connectivity index (χ2v) is 5.78. The summed E-state index contributed by atoms with van der Waals surface area (Å²) in [6.07, 6.45) is 5.08. The lowest BCUT2D eigenvalue weighted by Crippen LogP contribution is -2.17. The number of Topliss-reactive ketones (excluding diaryl/α,β-unsaturated/α-hetero) is 1. The maximum Gasteiger partial charge on any atom is 0.133 e. The Hall–Kier alpha value is -0.850. The Morgan fingerprint density at radius 1 is 1.44 bits per heavy atom. The predicted octanol–water partition coefficient (Wildman–Crippen LogP) is 4.44. The molecule has 0 spiro atoms. The van der Waals surface area contributed by atoms with Crippen molar-refractivity contribution in [2.45, 2.75) is 59.8 Å². The number of ketones is 1. The van der Waals surface area contributed by atoms with Crippen LogP contribution in [0.5, 0.6) is 0 Å². The van der Waals surface area contributed by atoms with E-state index in [1.165, 1.54) is 29.6 Å². The Labute approximate surface area is 99.6 Å². The van der Waals surface area contributed by atoms with Crippen molar-refractivity contribution < 1.29 is 4.79 Å². The lowest BCUT2D eigenvalue weighted by Gasteiger charge is -2.31. The van der Waals surface area contributed by atoms with Crippen LogP contribution in [0.2, 0.25) is 0 Å². The Morgan fingerprint density at radius 2 is 2.06 bits per heavy atom. The van der Waals surface area contributed by atoms with Gasteiger partial charge in [-0.2, -0.15) is 0 Å². The molecule has 0 fully saturated rings. The van der Waals surface area contributed by atoms with Crippen molar-refractivity contribution in [1.29, 1.82) is 0 Å². The topological polar surface area (TPSA) is 17.1 Å². The average molecular weight is 220 g/mol. The molecular formula is C15H24O. The van der Waals surface area contributed by atoms with Crippen molar-refractivity contribution >= 4 is 5.78 Å². The van der Waals surface area contributed by atoms with E-state index in [4.69, 9.17) is 0 Å². The number of hydrogen-bond acceptors (Lipinski definition) is 1. The zero-order valence-corrected chi connectivity index (χ0v) is 11.2. The first-order valence-electron chi connectivity index (χ1n) is 6.18. The second kappa shape index (κ2) is 4.99. The van der Waals surface area contributed by atoms with E-state index in [0.29, 0.717) is 6.42 Å². The fourth-order valence-corrected chi connectivity index (χ4v) is 2.31. The molecule has 90 valence electrons. The van der Waals surface area contributed by atoms with Crippen molar-refractivity contribution in [2.24, 2.45) is 5.41 Å². The van der Waals surface area contributed by atoms with Crippen LogP contribution in [0.25, 0.3) is 0 Å². The van der Waals surface area contributed by atoms with Gasteiger partial charge in [-0.3, -0.25) is 4.79 Å². The van der Waals surface area contributed by atoms with Gasteiger partial charge in [0.15, 0.2) is 0 Å². The lowest BCUT2D eigenvalue weighted by atomic mass is 9.74. The van der Waals surface area contributed by atoms with Gasteiger partial charge in [-0.15, -0.1) is 0 Å². The molecule has 0 aliphatic heterocycles. The largest absolute Gasteiger partial charge is 0.300 e. The number of allylic oxidation sites excluding steroid dienone is 3. The van der Waals surface area contributed by atoms with Crippen molar-refractivity contribution in [3.05, 3.63) is 23.3 Å². The summed E-state index contributed by atoms with van der Waals surface area (Å²) in [5.41, 5.74) is 4.22. The number of carbonyl (C=O) groups is 1. The maximum absolute atomic E-state index is 11.3. The summed E-state index contributed by atoms with van der Waals surface area (Å²) in [7, 11) is 0. The normalized spacial score (nSPS) is 26.1. The van der Waals surface area contributed by atoms with E-state index in [0.717, 1.165) is 12.8 Å². The minimum Gasteiger partial charge on any atom is -0.300 e. The van der Waals surface area contributed by atoms with Gasteiger partial charge in [-0.1, -0.05) is 37.1 Å². The third kappa shape index (κ3) is 3.33. The zero-order chi connectivity index (χ0) is 12.3. The number of carbonyl (C=O) groups excluding carboxylic acids is 1. The van der Waals surface area contributed by atoms with Gasteiger partial charge < -0.3 is 0 Å². The molecule has 0 aromatic rings. The molecular weight excluding hydrogens is 196 g/mol. The summed E-state index contributed by atoms with van der Waals surface area (Å²) in [4.78, 5) is 11.3. The van der Waals surface area contributed by atoms with Gasteiger partial charge in [0, 0.05) is 6.42 Å². The van der Waals surface area contributed by atoms with Crippen LogP contribution in [0.15, 0.2) is 23.3 Å². The van der Waals surface area contributed by atoms with Crippen LogP contribution >= 0.6 is 0 Å². The van der Waals surface area contributed by atoms with E-state index in [1.807, 2.05) is 0 Å². The minimum absolute atomic E-state index is 0.225. The molecule has 1 aliphatic carbocycles. The van der Waals surface area contributed by atoms with E-state index in [-0.39, 0.29) is 11.2 Å². The molecule has 0 heterocycles. The summed E-state index contributed by atoms with van der Waals surface area (Å²) in [5.74, 6) is 0.264. The standard InChI is InChI=1S/C15H24O/c1-11-7-6-8-15(4,5)12(2)9-14(11)10-13(3)16/h2,6-10H2,1,3-5H3/b14-11+. The van der Waals surface area contributed by atoms with Gasteiger partial charge in [-0.25, -0.2) is 0 Å². The van der Waals surface area contributed by atoms with Gasteiger partial charge in [0.25, 0.3) is 0 Å². The highest BCUT2D eigenvalue weighted by Gasteiger charge is 2.24. The summed E-state index contributed by atoms with van der Waals surface area (Å²) >= 11 is 0. The summed E-state index contributed by atoms with van der Waals surface area (Å²) in [6.45, 7) is 12.6. The third-order valence-electron chi connectivity index (χ3n) is 3.80. The molecule has 0 aromatic heterocycles. The Kier molecular flexibility index (Phi) is 4.12. The van der Waals surface area contributed by atoms with E-state index in [9.17, 15) is 4.79 Å². The number of rotatable bonds is 2. The van der Waals surface area contributed by atoms with Crippen molar-refractivity contribution in [3.63, 3.8) is 0 Å². The van der Waals surface area contributed by atoms with Crippen LogP contribution in [-0.2, 0) is 4.79 Å². The van der Waals surface area contributed by atoms with Crippen molar-refractivity contribution in [2.75, 3.05) is 0 Å². The van der Waals surface area contributed by atoms with E-state index in [1.54, 1.807) is 6.92 Å². The predicted molar refractivity (Wildman–Crippen MR) is 69.4 cm³/mol. The highest BCUT2D eigenvalue weighted by atomic mass is 16.1. The molecule has 1 heteroatoms. The highest BCUT2D eigenvalue weighted by Crippen LogP contribution is 2.39. The second-order valence-electron chi connectivity index (χ2n) is 5.78. The van der Waals surface area contributed by atoms with Crippen molar-refractivity contribution in [3.8, 4) is 0 Å². The highest BCUT2D eigenvalue weighted by molar-refractivity contribution is 5.78. The molecule has 0 N–H and O–H groups in total. The van der Waals surface area contributed by atoms with E-state index in [2.05, 4.69) is 27.4 Å².